The zero-order chi connectivity index (χ0) is 13.7. The van der Waals surface area contributed by atoms with E-state index in [4.69, 9.17) is 0 Å². The van der Waals surface area contributed by atoms with Crippen molar-refractivity contribution >= 4 is 12.0 Å². The van der Waals surface area contributed by atoms with Gasteiger partial charge in [-0.2, -0.15) is 0 Å². The second-order valence-electron chi connectivity index (χ2n) is 5.38. The Hall–Kier alpha value is -1.26. The molecule has 0 radical (unpaired) electrons. The monoisotopic (exact) mass is 256 g/mol. The Morgan fingerprint density at radius 1 is 1.50 bits per heavy atom. The number of nitrogens with one attached hydrogen (secondary N) is 1. The van der Waals surface area contributed by atoms with Crippen LogP contribution in [0.3, 0.4) is 0 Å². The van der Waals surface area contributed by atoms with Gasteiger partial charge in [-0.25, -0.2) is 9.59 Å². The van der Waals surface area contributed by atoms with Gasteiger partial charge in [0, 0.05) is 13.1 Å². The van der Waals surface area contributed by atoms with Crippen molar-refractivity contribution in [2.75, 3.05) is 13.1 Å². The summed E-state index contributed by atoms with van der Waals surface area (Å²) >= 11 is 0. The lowest BCUT2D eigenvalue weighted by Crippen LogP contribution is -2.53. The summed E-state index contributed by atoms with van der Waals surface area (Å²) < 4.78 is 0. The van der Waals surface area contributed by atoms with Crippen LogP contribution in [0.15, 0.2) is 0 Å². The molecule has 3 unspecified atom stereocenters. The van der Waals surface area contributed by atoms with Crippen LogP contribution in [-0.2, 0) is 4.79 Å². The van der Waals surface area contributed by atoms with Crippen molar-refractivity contribution in [1.29, 1.82) is 0 Å². The molecular formula is C13H24N2O3. The Balaban J connectivity index is 2.56. The first-order valence-electron chi connectivity index (χ1n) is 6.73. The predicted octanol–water partition coefficient (Wildman–Crippen LogP) is 1.93. The van der Waals surface area contributed by atoms with Crippen LogP contribution in [0.4, 0.5) is 4.79 Å². The van der Waals surface area contributed by atoms with Crippen molar-refractivity contribution in [3.63, 3.8) is 0 Å². The summed E-state index contributed by atoms with van der Waals surface area (Å²) in [4.78, 5) is 24.6. The smallest absolute Gasteiger partial charge is 0.326 e. The average molecular weight is 256 g/mol. The van der Waals surface area contributed by atoms with Gasteiger partial charge in [-0.15, -0.1) is 0 Å². The number of amides is 2. The number of urea groups is 1. The number of aliphatic carboxylic acids is 1. The zero-order valence-corrected chi connectivity index (χ0v) is 11.5. The van der Waals surface area contributed by atoms with E-state index in [0.717, 1.165) is 12.8 Å². The van der Waals surface area contributed by atoms with Gasteiger partial charge in [-0.05, 0) is 24.7 Å². The minimum absolute atomic E-state index is 0.241. The maximum absolute atomic E-state index is 12.0. The highest BCUT2D eigenvalue weighted by atomic mass is 16.4. The van der Waals surface area contributed by atoms with E-state index >= 15 is 0 Å². The van der Waals surface area contributed by atoms with Crippen LogP contribution in [0.5, 0.6) is 0 Å². The minimum Gasteiger partial charge on any atom is -0.480 e. The molecule has 2 amide bonds. The van der Waals surface area contributed by atoms with Crippen molar-refractivity contribution in [2.45, 2.75) is 46.1 Å². The average Bonchev–Trinajstić information content (AvgIpc) is 2.35. The van der Waals surface area contributed by atoms with E-state index in [9.17, 15) is 14.7 Å². The van der Waals surface area contributed by atoms with Crippen molar-refractivity contribution in [3.05, 3.63) is 0 Å². The molecule has 1 rings (SSSR count). The number of nitrogens with zero attached hydrogens (tertiary/aromatic N) is 1. The van der Waals surface area contributed by atoms with Crippen molar-refractivity contribution in [2.24, 2.45) is 11.8 Å². The third kappa shape index (κ3) is 3.89. The molecule has 1 fully saturated rings. The molecule has 0 aromatic carbocycles. The van der Waals surface area contributed by atoms with Gasteiger partial charge in [0.05, 0.1) is 0 Å². The van der Waals surface area contributed by atoms with E-state index in [1.807, 2.05) is 6.92 Å². The Morgan fingerprint density at radius 3 is 2.72 bits per heavy atom. The Bertz CT molecular complexity index is 307. The molecular weight excluding hydrogens is 232 g/mol. The molecule has 1 saturated heterocycles. The number of carboxylic acids is 1. The highest BCUT2D eigenvalue weighted by Gasteiger charge is 2.34. The van der Waals surface area contributed by atoms with Crippen LogP contribution >= 0.6 is 0 Å². The lowest BCUT2D eigenvalue weighted by molar-refractivity contribution is -0.143. The predicted molar refractivity (Wildman–Crippen MR) is 69.4 cm³/mol. The molecule has 5 nitrogen and oxygen atoms in total. The first kappa shape index (κ1) is 14.8. The molecule has 18 heavy (non-hydrogen) atoms. The third-order valence-corrected chi connectivity index (χ3v) is 3.71. The van der Waals surface area contributed by atoms with E-state index < -0.39 is 12.0 Å². The van der Waals surface area contributed by atoms with Crippen LogP contribution in [0.1, 0.15) is 40.0 Å². The molecule has 3 atom stereocenters. The second-order valence-corrected chi connectivity index (χ2v) is 5.38. The SMILES string of the molecule is CCC(C)CNC(=O)N1CCC(C)CC1C(=O)O. The van der Waals surface area contributed by atoms with Crippen LogP contribution < -0.4 is 5.32 Å². The molecule has 0 aliphatic carbocycles. The summed E-state index contributed by atoms with van der Waals surface area (Å²) in [7, 11) is 0. The number of piperidine rings is 1. The van der Waals surface area contributed by atoms with Crippen molar-refractivity contribution in [1.82, 2.24) is 10.2 Å². The Kier molecular flexibility index (Phi) is 5.44. The maximum Gasteiger partial charge on any atom is 0.326 e. The number of carboxylic acid groups (broad SMARTS) is 1. The molecule has 0 aromatic heterocycles. The number of rotatable bonds is 4. The zero-order valence-electron chi connectivity index (χ0n) is 11.5. The minimum atomic E-state index is -0.903. The fourth-order valence-electron chi connectivity index (χ4n) is 2.13. The van der Waals surface area contributed by atoms with E-state index in [2.05, 4.69) is 19.2 Å². The lowest BCUT2D eigenvalue weighted by Gasteiger charge is -2.36. The van der Waals surface area contributed by atoms with Gasteiger partial charge in [0.1, 0.15) is 6.04 Å². The molecule has 2 N–H and O–H groups in total. The molecule has 5 heteroatoms. The standard InChI is InChI=1S/C13H24N2O3/c1-4-9(2)8-14-13(18)15-6-5-10(3)7-11(15)12(16)17/h9-11H,4-8H2,1-3H3,(H,14,18)(H,16,17). The third-order valence-electron chi connectivity index (χ3n) is 3.71. The molecule has 1 heterocycles. The van der Waals surface area contributed by atoms with E-state index in [0.29, 0.717) is 31.3 Å². The highest BCUT2D eigenvalue weighted by molar-refractivity contribution is 5.82. The summed E-state index contributed by atoms with van der Waals surface area (Å²) in [5, 5.41) is 12.0. The highest BCUT2D eigenvalue weighted by Crippen LogP contribution is 2.22. The van der Waals surface area contributed by atoms with E-state index in [1.165, 1.54) is 4.90 Å². The largest absolute Gasteiger partial charge is 0.480 e. The summed E-state index contributed by atoms with van der Waals surface area (Å²) in [6.07, 6.45) is 2.42. The number of hydrogen-bond donors (Lipinski definition) is 2. The fourth-order valence-corrected chi connectivity index (χ4v) is 2.13. The molecule has 0 saturated carbocycles. The molecule has 0 spiro atoms. The van der Waals surface area contributed by atoms with Crippen LogP contribution in [0.25, 0.3) is 0 Å². The second kappa shape index (κ2) is 6.61. The molecule has 0 bridgehead atoms. The molecule has 0 aromatic rings. The number of carbonyl (C=O) groups excluding carboxylic acids is 1. The lowest BCUT2D eigenvalue weighted by atomic mass is 9.93. The molecule has 1 aliphatic rings. The maximum atomic E-state index is 12.0. The number of carbonyl (C=O) groups is 2. The normalized spacial score (nSPS) is 25.6. The Labute approximate surface area is 109 Å². The fraction of sp³-hybridized carbons (Fsp3) is 0.846. The van der Waals surface area contributed by atoms with Gasteiger partial charge in [0.15, 0.2) is 0 Å². The van der Waals surface area contributed by atoms with Gasteiger partial charge in [0.25, 0.3) is 0 Å². The van der Waals surface area contributed by atoms with Gasteiger partial charge in [-0.3, -0.25) is 0 Å². The van der Waals surface area contributed by atoms with E-state index in [-0.39, 0.29) is 6.03 Å². The van der Waals surface area contributed by atoms with Crippen LogP contribution in [0.2, 0.25) is 0 Å². The summed E-state index contributed by atoms with van der Waals surface area (Å²) in [6, 6.07) is -0.916. The van der Waals surface area contributed by atoms with Crippen LogP contribution in [0, 0.1) is 11.8 Å². The van der Waals surface area contributed by atoms with Gasteiger partial charge in [0.2, 0.25) is 0 Å². The topological polar surface area (TPSA) is 69.6 Å². The van der Waals surface area contributed by atoms with Crippen molar-refractivity contribution in [3.8, 4) is 0 Å². The first-order chi connectivity index (χ1) is 8.45. The summed E-state index contributed by atoms with van der Waals surface area (Å²) in [6.45, 7) is 7.30. The first-order valence-corrected chi connectivity index (χ1v) is 6.73. The van der Waals surface area contributed by atoms with E-state index in [1.54, 1.807) is 0 Å². The quantitative estimate of drug-likeness (QED) is 0.807. The summed E-state index contributed by atoms with van der Waals surface area (Å²) in [5.74, 6) is -0.120. The van der Waals surface area contributed by atoms with Gasteiger partial charge >= 0.3 is 12.0 Å². The molecule has 1 aliphatic heterocycles. The number of likely N-dealkylation sites (tertiary alicyclic amines) is 1. The Morgan fingerprint density at radius 2 is 2.17 bits per heavy atom. The van der Waals surface area contributed by atoms with Crippen LogP contribution in [-0.4, -0.2) is 41.1 Å². The summed E-state index contributed by atoms with van der Waals surface area (Å²) in [5.41, 5.74) is 0. The molecule has 104 valence electrons. The van der Waals surface area contributed by atoms with Gasteiger partial charge in [-0.1, -0.05) is 27.2 Å². The van der Waals surface area contributed by atoms with Crippen molar-refractivity contribution < 1.29 is 14.7 Å². The van der Waals surface area contributed by atoms with Gasteiger partial charge < -0.3 is 15.3 Å². The number of hydrogen-bond acceptors (Lipinski definition) is 2.